The topological polar surface area (TPSA) is 72.1 Å². The summed E-state index contributed by atoms with van der Waals surface area (Å²) >= 11 is 3.09. The van der Waals surface area contributed by atoms with Crippen LogP contribution < -0.4 is 0 Å². The van der Waals surface area contributed by atoms with Crippen molar-refractivity contribution in [3.63, 3.8) is 0 Å². The number of thiophene rings is 1. The second kappa shape index (κ2) is 7.01. The Kier molecular flexibility index (Phi) is 4.82. The molecule has 0 atom stereocenters. The van der Waals surface area contributed by atoms with Crippen LogP contribution in [0.25, 0.3) is 9.88 Å². The van der Waals surface area contributed by atoms with Crippen LogP contribution in [0, 0.1) is 0 Å². The van der Waals surface area contributed by atoms with Crippen LogP contribution >= 0.6 is 22.7 Å². The van der Waals surface area contributed by atoms with Crippen LogP contribution in [0.5, 0.6) is 0 Å². The minimum absolute atomic E-state index is 0.122. The number of amides is 1. The predicted molar refractivity (Wildman–Crippen MR) is 89.5 cm³/mol. The summed E-state index contributed by atoms with van der Waals surface area (Å²) < 4.78 is 5.48. The molecule has 0 aliphatic rings. The highest BCUT2D eigenvalue weighted by Gasteiger charge is 2.20. The summed E-state index contributed by atoms with van der Waals surface area (Å²) in [6.07, 6.45) is 0.684. The maximum absolute atomic E-state index is 12.6. The zero-order valence-corrected chi connectivity index (χ0v) is 14.5. The molecule has 120 valence electrons. The molecule has 0 aliphatic carbocycles. The van der Waals surface area contributed by atoms with E-state index in [1.807, 2.05) is 31.4 Å². The molecule has 23 heavy (non-hydrogen) atoms. The Balaban J connectivity index is 1.74. The maximum atomic E-state index is 12.6. The normalized spacial score (nSPS) is 10.9. The quantitative estimate of drug-likeness (QED) is 0.682. The smallest absolute Gasteiger partial charge is 0.273 e. The Morgan fingerprint density at radius 2 is 2.09 bits per heavy atom. The molecule has 0 saturated heterocycles. The highest BCUT2D eigenvalue weighted by atomic mass is 32.1. The monoisotopic (exact) mass is 348 g/mol. The molecule has 0 N–H and O–H groups in total. The lowest BCUT2D eigenvalue weighted by Gasteiger charge is -2.17. The summed E-state index contributed by atoms with van der Waals surface area (Å²) in [5, 5.41) is 12.6. The molecule has 6 nitrogen and oxygen atoms in total. The van der Waals surface area contributed by atoms with Crippen LogP contribution in [0.3, 0.4) is 0 Å². The summed E-state index contributed by atoms with van der Waals surface area (Å²) in [6, 6.07) is 3.97. The van der Waals surface area contributed by atoms with Gasteiger partial charge in [0.05, 0.1) is 11.4 Å². The van der Waals surface area contributed by atoms with Gasteiger partial charge >= 0.3 is 0 Å². The average molecular weight is 348 g/mol. The van der Waals surface area contributed by atoms with E-state index in [2.05, 4.69) is 15.2 Å². The van der Waals surface area contributed by atoms with Gasteiger partial charge in [0.25, 0.3) is 5.91 Å². The number of rotatable bonds is 6. The number of aromatic nitrogens is 3. The first-order valence-corrected chi connectivity index (χ1v) is 9.07. The van der Waals surface area contributed by atoms with Gasteiger partial charge in [0.15, 0.2) is 0 Å². The molecule has 3 heterocycles. The zero-order valence-electron chi connectivity index (χ0n) is 12.9. The van der Waals surface area contributed by atoms with Crippen LogP contribution in [-0.4, -0.2) is 32.5 Å². The van der Waals surface area contributed by atoms with Gasteiger partial charge in [-0.2, -0.15) is 0 Å². The third kappa shape index (κ3) is 3.48. The van der Waals surface area contributed by atoms with E-state index in [-0.39, 0.29) is 5.91 Å². The first-order chi connectivity index (χ1) is 11.2. The van der Waals surface area contributed by atoms with Crippen LogP contribution in [0.1, 0.15) is 36.1 Å². The number of carbonyl (C=O) groups is 1. The van der Waals surface area contributed by atoms with Crippen molar-refractivity contribution in [1.82, 2.24) is 20.1 Å². The zero-order chi connectivity index (χ0) is 16.2. The third-order valence-electron chi connectivity index (χ3n) is 3.26. The van der Waals surface area contributed by atoms with Crippen LogP contribution in [0.4, 0.5) is 0 Å². The molecular formula is C15H16N4O2S2. The highest BCUT2D eigenvalue weighted by Crippen LogP contribution is 2.28. The van der Waals surface area contributed by atoms with Gasteiger partial charge in [-0.05, 0) is 18.4 Å². The average Bonchev–Trinajstić information content (AvgIpc) is 3.32. The molecule has 8 heteroatoms. The fourth-order valence-corrected chi connectivity index (χ4v) is 3.64. The first kappa shape index (κ1) is 15.8. The van der Waals surface area contributed by atoms with E-state index in [0.29, 0.717) is 37.0 Å². The van der Waals surface area contributed by atoms with Gasteiger partial charge in [0, 0.05) is 18.3 Å². The third-order valence-corrected chi connectivity index (χ3v) is 5.14. The molecule has 0 saturated carbocycles. The first-order valence-electron chi connectivity index (χ1n) is 7.31. The van der Waals surface area contributed by atoms with Crippen molar-refractivity contribution >= 4 is 28.6 Å². The molecule has 0 radical (unpaired) electrons. The lowest BCUT2D eigenvalue weighted by atomic mass is 10.3. The predicted octanol–water partition coefficient (Wildman–Crippen LogP) is 3.48. The van der Waals surface area contributed by atoms with Gasteiger partial charge in [-0.3, -0.25) is 4.79 Å². The number of hydrogen-bond donors (Lipinski definition) is 0. The van der Waals surface area contributed by atoms with Crippen molar-refractivity contribution in [3.8, 4) is 9.88 Å². The molecule has 1 amide bonds. The van der Waals surface area contributed by atoms with E-state index in [1.165, 1.54) is 11.3 Å². The van der Waals surface area contributed by atoms with E-state index in [1.54, 1.807) is 21.6 Å². The van der Waals surface area contributed by atoms with Crippen molar-refractivity contribution in [1.29, 1.82) is 0 Å². The van der Waals surface area contributed by atoms with Gasteiger partial charge in [0.1, 0.15) is 10.7 Å². The van der Waals surface area contributed by atoms with Gasteiger partial charge in [-0.15, -0.1) is 32.9 Å². The lowest BCUT2D eigenvalue weighted by Crippen LogP contribution is -2.30. The molecule has 0 aromatic carbocycles. The highest BCUT2D eigenvalue weighted by molar-refractivity contribution is 7.20. The summed E-state index contributed by atoms with van der Waals surface area (Å²) in [6.45, 7) is 4.71. The number of nitrogens with zero attached hydrogens (tertiary/aromatic N) is 4. The molecule has 0 bridgehead atoms. The Hall–Kier alpha value is -2.06. The Morgan fingerprint density at radius 1 is 1.26 bits per heavy atom. The summed E-state index contributed by atoms with van der Waals surface area (Å²) in [5.41, 5.74) is 0.454. The second-order valence-electron chi connectivity index (χ2n) is 4.78. The minimum atomic E-state index is -0.122. The van der Waals surface area contributed by atoms with Crippen molar-refractivity contribution in [2.45, 2.75) is 26.8 Å². The molecule has 0 fully saturated rings. The molecule has 3 aromatic heterocycles. The van der Waals surface area contributed by atoms with E-state index < -0.39 is 0 Å². The van der Waals surface area contributed by atoms with E-state index in [0.717, 1.165) is 9.88 Å². The number of aryl methyl sites for hydroxylation is 1. The van der Waals surface area contributed by atoms with Crippen LogP contribution in [-0.2, 0) is 13.0 Å². The fourth-order valence-electron chi connectivity index (χ4n) is 2.03. The van der Waals surface area contributed by atoms with E-state index in [4.69, 9.17) is 4.42 Å². The fraction of sp³-hybridized carbons (Fsp3) is 0.333. The minimum Gasteiger partial charge on any atom is -0.423 e. The summed E-state index contributed by atoms with van der Waals surface area (Å²) in [4.78, 5) is 19.8. The molecule has 3 rings (SSSR count). The Morgan fingerprint density at radius 3 is 2.74 bits per heavy atom. The SMILES string of the molecule is CCc1nnc(CN(CC)C(=O)c2csc(-c3cccs3)n2)o1. The van der Waals surface area contributed by atoms with Crippen molar-refractivity contribution < 1.29 is 9.21 Å². The second-order valence-corrected chi connectivity index (χ2v) is 6.58. The number of hydrogen-bond acceptors (Lipinski definition) is 7. The van der Waals surface area contributed by atoms with E-state index >= 15 is 0 Å². The largest absolute Gasteiger partial charge is 0.423 e. The maximum Gasteiger partial charge on any atom is 0.273 e. The van der Waals surface area contributed by atoms with Crippen molar-refractivity contribution in [2.75, 3.05) is 6.54 Å². The summed E-state index contributed by atoms with van der Waals surface area (Å²) in [7, 11) is 0. The molecule has 3 aromatic rings. The molecular weight excluding hydrogens is 332 g/mol. The van der Waals surface area contributed by atoms with Crippen LogP contribution in [0.2, 0.25) is 0 Å². The van der Waals surface area contributed by atoms with Gasteiger partial charge in [-0.25, -0.2) is 4.98 Å². The van der Waals surface area contributed by atoms with Gasteiger partial charge < -0.3 is 9.32 Å². The Labute approximate surface area is 141 Å². The standard InChI is InChI=1S/C15H16N4O2S2/c1-3-12-17-18-13(21-12)8-19(4-2)15(20)10-9-23-14(16-10)11-6-5-7-22-11/h5-7,9H,3-4,8H2,1-2H3. The van der Waals surface area contributed by atoms with Gasteiger partial charge in [0.2, 0.25) is 11.8 Å². The lowest BCUT2D eigenvalue weighted by molar-refractivity contribution is 0.0732. The number of thiazole rings is 1. The van der Waals surface area contributed by atoms with Crippen molar-refractivity contribution in [3.05, 3.63) is 40.4 Å². The van der Waals surface area contributed by atoms with Crippen molar-refractivity contribution in [2.24, 2.45) is 0 Å². The number of carbonyl (C=O) groups excluding carboxylic acids is 1. The molecule has 0 unspecified atom stereocenters. The van der Waals surface area contributed by atoms with E-state index in [9.17, 15) is 4.79 Å². The summed E-state index contributed by atoms with van der Waals surface area (Å²) in [5.74, 6) is 0.908. The van der Waals surface area contributed by atoms with Crippen LogP contribution in [0.15, 0.2) is 27.3 Å². The molecule has 0 aliphatic heterocycles. The molecule has 0 spiro atoms. The Bertz CT molecular complexity index is 779. The van der Waals surface area contributed by atoms with Gasteiger partial charge in [-0.1, -0.05) is 13.0 Å².